The molecular weight excluding hydrogens is 288 g/mol. The Morgan fingerprint density at radius 3 is 2.30 bits per heavy atom. The van der Waals surface area contributed by atoms with Crippen LogP contribution >= 0.6 is 0 Å². The largest absolute Gasteiger partial charge is 0.361 e. The predicted molar refractivity (Wildman–Crippen MR) is 92.1 cm³/mol. The molecule has 2 N–H and O–H groups in total. The Morgan fingerprint density at radius 2 is 1.78 bits per heavy atom. The smallest absolute Gasteiger partial charge is 0.221 e. The number of Topliss-reactive ketones (excluding diaryl/α,β-unsaturated/α-hetero) is 1. The summed E-state index contributed by atoms with van der Waals surface area (Å²) in [5.41, 5.74) is 2.41. The third-order valence-electron chi connectivity index (χ3n) is 5.96. The van der Waals surface area contributed by atoms with Gasteiger partial charge in [0, 0.05) is 35.5 Å². The van der Waals surface area contributed by atoms with E-state index in [-0.39, 0.29) is 16.7 Å². The maximum absolute atomic E-state index is 12.7. The molecule has 4 nitrogen and oxygen atoms in total. The molecule has 2 saturated carbocycles. The summed E-state index contributed by atoms with van der Waals surface area (Å²) in [5.74, 6) is 0.545. The van der Waals surface area contributed by atoms with E-state index in [0.29, 0.717) is 11.7 Å². The molecule has 2 aliphatic carbocycles. The number of carbonyl (C=O) groups excluding carboxylic acids is 2. The molecule has 0 unspecified atom stereocenters. The first-order valence-electron chi connectivity index (χ1n) is 8.15. The molecule has 0 heterocycles. The lowest BCUT2D eigenvalue weighted by atomic mass is 9.70. The van der Waals surface area contributed by atoms with Crippen LogP contribution in [0.3, 0.4) is 0 Å². The average Bonchev–Trinajstić information content (AvgIpc) is 2.79. The lowest BCUT2D eigenvalue weighted by Gasteiger charge is -2.31. The third kappa shape index (κ3) is 2.37. The molecule has 0 saturated heterocycles. The number of carbonyl (C=O) groups is 2. The number of anilines is 2. The van der Waals surface area contributed by atoms with E-state index < -0.39 is 0 Å². The molecule has 0 aliphatic heterocycles. The molecule has 2 aliphatic rings. The van der Waals surface area contributed by atoms with Gasteiger partial charge in [0.05, 0.1) is 0 Å². The summed E-state index contributed by atoms with van der Waals surface area (Å²) in [7, 11) is 0. The predicted octanol–water partition coefficient (Wildman–Crippen LogP) is 3.97. The minimum Gasteiger partial charge on any atom is -0.361 e. The van der Waals surface area contributed by atoms with Crippen molar-refractivity contribution in [2.24, 2.45) is 16.7 Å². The normalized spacial score (nSPS) is 29.8. The minimum absolute atomic E-state index is 0.0346. The fourth-order valence-corrected chi connectivity index (χ4v) is 4.11. The molecule has 2 fully saturated rings. The number of ketones is 1. The highest BCUT2D eigenvalue weighted by atomic mass is 16.1. The van der Waals surface area contributed by atoms with Gasteiger partial charge >= 0.3 is 0 Å². The Labute approximate surface area is 137 Å². The first-order chi connectivity index (χ1) is 10.8. The van der Waals surface area contributed by atoms with E-state index in [1.54, 1.807) is 0 Å². The Morgan fingerprint density at radius 1 is 1.17 bits per heavy atom. The van der Waals surface area contributed by atoms with Crippen LogP contribution in [0, 0.1) is 16.7 Å². The number of rotatable bonds is 3. The van der Waals surface area contributed by atoms with Crippen LogP contribution in [0.25, 0.3) is 0 Å². The van der Waals surface area contributed by atoms with Crippen LogP contribution in [-0.4, -0.2) is 11.7 Å². The second-order valence-electron chi connectivity index (χ2n) is 7.48. The van der Waals surface area contributed by atoms with Gasteiger partial charge in [0.15, 0.2) is 5.78 Å². The van der Waals surface area contributed by atoms with Crippen LogP contribution in [-0.2, 0) is 9.59 Å². The van der Waals surface area contributed by atoms with Crippen molar-refractivity contribution in [2.45, 2.75) is 40.5 Å². The number of allylic oxidation sites excluding steroid dienone is 1. The summed E-state index contributed by atoms with van der Waals surface area (Å²) >= 11 is 0. The molecule has 1 aromatic rings. The highest BCUT2D eigenvalue weighted by Gasteiger charge is 2.63. The van der Waals surface area contributed by atoms with Crippen LogP contribution < -0.4 is 10.6 Å². The van der Waals surface area contributed by atoms with Gasteiger partial charge in [0.1, 0.15) is 0 Å². The van der Waals surface area contributed by atoms with Gasteiger partial charge in [-0.3, -0.25) is 9.59 Å². The summed E-state index contributed by atoms with van der Waals surface area (Å²) in [6, 6.07) is 7.48. The summed E-state index contributed by atoms with van der Waals surface area (Å²) in [4.78, 5) is 23.8. The van der Waals surface area contributed by atoms with Crippen LogP contribution in [0.5, 0.6) is 0 Å². The maximum atomic E-state index is 12.7. The van der Waals surface area contributed by atoms with Crippen LogP contribution in [0.2, 0.25) is 0 Å². The third-order valence-corrected chi connectivity index (χ3v) is 5.96. The molecule has 122 valence electrons. The number of hydrogen-bond donors (Lipinski definition) is 2. The molecule has 1 amide bonds. The molecule has 2 atom stereocenters. The quantitative estimate of drug-likeness (QED) is 0.830. The minimum atomic E-state index is -0.222. The zero-order chi connectivity index (χ0) is 16.8. The molecule has 23 heavy (non-hydrogen) atoms. The molecule has 2 bridgehead atoms. The van der Waals surface area contributed by atoms with Gasteiger partial charge < -0.3 is 10.6 Å². The molecular formula is C19H24N2O2. The van der Waals surface area contributed by atoms with Gasteiger partial charge in [0.2, 0.25) is 5.91 Å². The van der Waals surface area contributed by atoms with E-state index in [1.165, 1.54) is 6.92 Å². The number of benzene rings is 1. The second kappa shape index (κ2) is 5.22. The fraction of sp³-hybridized carbons (Fsp3) is 0.474. The standard InChI is InChI=1S/C19H24N2O2/c1-12(22)21-14-7-5-13(6-8-14)20-11-15-16-9-10-19(4,17(15)23)18(16,2)3/h5-8,11,16,20H,9-10H2,1-4H3,(H,21,22)/b15-11-/t16-,19+/m1/s1. The molecule has 1 aromatic carbocycles. The van der Waals surface area contributed by atoms with Gasteiger partial charge in [-0.05, 0) is 48.4 Å². The van der Waals surface area contributed by atoms with E-state index in [0.717, 1.165) is 29.8 Å². The molecule has 0 spiro atoms. The number of amides is 1. The van der Waals surface area contributed by atoms with Gasteiger partial charge in [0.25, 0.3) is 0 Å². The summed E-state index contributed by atoms with van der Waals surface area (Å²) in [5, 5.41) is 5.98. The van der Waals surface area contributed by atoms with Crippen LogP contribution in [0.1, 0.15) is 40.5 Å². The van der Waals surface area contributed by atoms with E-state index in [2.05, 4.69) is 31.4 Å². The molecule has 4 heteroatoms. The van der Waals surface area contributed by atoms with Crippen molar-refractivity contribution in [3.8, 4) is 0 Å². The monoisotopic (exact) mass is 312 g/mol. The Hall–Kier alpha value is -2.10. The Balaban J connectivity index is 1.76. The van der Waals surface area contributed by atoms with E-state index in [1.807, 2.05) is 30.5 Å². The molecule has 0 radical (unpaired) electrons. The van der Waals surface area contributed by atoms with E-state index in [4.69, 9.17) is 0 Å². The topological polar surface area (TPSA) is 58.2 Å². The summed E-state index contributed by atoms with van der Waals surface area (Å²) in [6.45, 7) is 8.02. The SMILES string of the molecule is CC(=O)Nc1ccc(N/C=C2\C(=O)[C@]3(C)CC[C@H]2C3(C)C)cc1. The maximum Gasteiger partial charge on any atom is 0.221 e. The summed E-state index contributed by atoms with van der Waals surface area (Å²) < 4.78 is 0. The zero-order valence-corrected chi connectivity index (χ0v) is 14.2. The first-order valence-corrected chi connectivity index (χ1v) is 8.15. The van der Waals surface area contributed by atoms with Crippen molar-refractivity contribution in [1.82, 2.24) is 0 Å². The van der Waals surface area contributed by atoms with E-state index in [9.17, 15) is 9.59 Å². The first kappa shape index (κ1) is 15.8. The lowest BCUT2D eigenvalue weighted by Crippen LogP contribution is -2.32. The second-order valence-corrected chi connectivity index (χ2v) is 7.48. The number of fused-ring (bicyclic) bond motifs is 2. The van der Waals surface area contributed by atoms with Gasteiger partial charge in [-0.25, -0.2) is 0 Å². The Bertz CT molecular complexity index is 688. The van der Waals surface area contributed by atoms with Crippen molar-refractivity contribution in [1.29, 1.82) is 0 Å². The van der Waals surface area contributed by atoms with Crippen molar-refractivity contribution < 1.29 is 9.59 Å². The van der Waals surface area contributed by atoms with Gasteiger partial charge in [-0.2, -0.15) is 0 Å². The van der Waals surface area contributed by atoms with Crippen LogP contribution in [0.15, 0.2) is 36.0 Å². The highest BCUT2D eigenvalue weighted by molar-refractivity contribution is 6.04. The zero-order valence-electron chi connectivity index (χ0n) is 14.2. The average molecular weight is 312 g/mol. The van der Waals surface area contributed by atoms with Crippen molar-refractivity contribution in [2.75, 3.05) is 10.6 Å². The van der Waals surface area contributed by atoms with Crippen molar-refractivity contribution in [3.05, 3.63) is 36.0 Å². The lowest BCUT2D eigenvalue weighted by molar-refractivity contribution is -0.125. The highest BCUT2D eigenvalue weighted by Crippen LogP contribution is 2.65. The van der Waals surface area contributed by atoms with Crippen molar-refractivity contribution in [3.63, 3.8) is 0 Å². The molecule has 3 rings (SSSR count). The van der Waals surface area contributed by atoms with Gasteiger partial charge in [-0.1, -0.05) is 20.8 Å². The summed E-state index contributed by atoms with van der Waals surface area (Å²) in [6.07, 6.45) is 3.96. The van der Waals surface area contributed by atoms with E-state index >= 15 is 0 Å². The number of hydrogen-bond acceptors (Lipinski definition) is 3. The van der Waals surface area contributed by atoms with Crippen LogP contribution in [0.4, 0.5) is 11.4 Å². The Kier molecular flexibility index (Phi) is 3.58. The number of nitrogens with one attached hydrogen (secondary N) is 2. The van der Waals surface area contributed by atoms with Crippen molar-refractivity contribution >= 4 is 23.1 Å². The fourth-order valence-electron chi connectivity index (χ4n) is 4.11. The van der Waals surface area contributed by atoms with Gasteiger partial charge in [-0.15, -0.1) is 0 Å². The molecule has 0 aromatic heterocycles.